The quantitative estimate of drug-likeness (QED) is 0.515. The topological polar surface area (TPSA) is 105 Å². The predicted octanol–water partition coefficient (Wildman–Crippen LogP) is 2.96. The van der Waals surface area contributed by atoms with Crippen LogP contribution in [0, 0.1) is 20.8 Å². The Bertz CT molecular complexity index is 1330. The van der Waals surface area contributed by atoms with E-state index in [2.05, 4.69) is 20.1 Å². The van der Waals surface area contributed by atoms with Crippen molar-refractivity contribution < 1.29 is 18.2 Å². The van der Waals surface area contributed by atoms with Gasteiger partial charge in [-0.3, -0.25) is 10.7 Å². The van der Waals surface area contributed by atoms with Gasteiger partial charge < -0.3 is 0 Å². The molecule has 0 atom stereocenters. The molecular weight excluding hydrogens is 431 g/mol. The van der Waals surface area contributed by atoms with Crippen molar-refractivity contribution in [3.05, 3.63) is 45.1 Å². The molecule has 0 aromatic carbocycles. The molecule has 0 saturated heterocycles. The molecular formula is C19H19F3N7OS+. The molecule has 4 aromatic rings. The molecule has 8 nitrogen and oxygen atoms in total. The van der Waals surface area contributed by atoms with E-state index in [4.69, 9.17) is 5.73 Å². The lowest BCUT2D eigenvalue weighted by Crippen LogP contribution is -2.28. The number of nitrogens with zero attached hydrogens (tertiary/aromatic N) is 5. The highest BCUT2D eigenvalue weighted by molar-refractivity contribution is 7.13. The van der Waals surface area contributed by atoms with Crippen LogP contribution in [0.1, 0.15) is 23.5 Å². The summed E-state index contributed by atoms with van der Waals surface area (Å²) in [5.41, 5.74) is 9.52. The molecule has 0 unspecified atom stereocenters. The summed E-state index contributed by atoms with van der Waals surface area (Å²) in [5, 5.41) is 6.71. The second-order valence-electron chi connectivity index (χ2n) is 7.22. The maximum atomic E-state index is 12.8. The van der Waals surface area contributed by atoms with E-state index in [-0.39, 0.29) is 11.6 Å². The van der Waals surface area contributed by atoms with Crippen LogP contribution in [0.2, 0.25) is 0 Å². The summed E-state index contributed by atoms with van der Waals surface area (Å²) < 4.78 is 40.1. The van der Waals surface area contributed by atoms with E-state index >= 15 is 0 Å². The zero-order valence-electron chi connectivity index (χ0n) is 16.9. The maximum Gasteiger partial charge on any atom is 0.411 e. The van der Waals surface area contributed by atoms with Crippen molar-refractivity contribution >= 4 is 22.9 Å². The monoisotopic (exact) mass is 450 g/mol. The summed E-state index contributed by atoms with van der Waals surface area (Å²) in [4.78, 5) is 24.7. The van der Waals surface area contributed by atoms with E-state index in [1.165, 1.54) is 11.3 Å². The number of nitrogens with one attached hydrogen (secondary N) is 1. The molecule has 0 aliphatic heterocycles. The number of halogens is 3. The van der Waals surface area contributed by atoms with Gasteiger partial charge in [0.1, 0.15) is 5.69 Å². The Labute approximate surface area is 178 Å². The first kappa shape index (κ1) is 21.0. The average molecular weight is 450 g/mol. The predicted molar refractivity (Wildman–Crippen MR) is 110 cm³/mol. The molecule has 0 amide bonds. The van der Waals surface area contributed by atoms with Crippen LogP contribution < -0.4 is 16.4 Å². The summed E-state index contributed by atoms with van der Waals surface area (Å²) in [6, 6.07) is 3.63. The van der Waals surface area contributed by atoms with Gasteiger partial charge in [-0.05, 0) is 38.5 Å². The van der Waals surface area contributed by atoms with E-state index in [1.54, 1.807) is 0 Å². The van der Waals surface area contributed by atoms with Crippen LogP contribution in [0.25, 0.3) is 27.5 Å². The summed E-state index contributed by atoms with van der Waals surface area (Å²) in [6.45, 7) is 4.90. The van der Waals surface area contributed by atoms with Crippen LogP contribution in [0.5, 0.6) is 0 Å². The average Bonchev–Trinajstić information content (AvgIpc) is 3.22. The number of anilines is 1. The van der Waals surface area contributed by atoms with Gasteiger partial charge in [0.15, 0.2) is 5.01 Å². The maximum absolute atomic E-state index is 12.8. The number of H-pyrrole nitrogens is 1. The molecule has 0 spiro atoms. The number of rotatable bonds is 4. The number of hydrogen-bond acceptors (Lipinski definition) is 6. The van der Waals surface area contributed by atoms with Crippen molar-refractivity contribution in [1.29, 1.82) is 0 Å². The fraction of sp³-hybridized carbons (Fsp3) is 0.316. The first-order chi connectivity index (χ1) is 14.5. The van der Waals surface area contributed by atoms with E-state index in [9.17, 15) is 18.0 Å². The molecule has 162 valence electrons. The second-order valence-corrected chi connectivity index (χ2v) is 8.08. The third kappa shape index (κ3) is 4.02. The van der Waals surface area contributed by atoms with Gasteiger partial charge in [-0.2, -0.15) is 17.9 Å². The van der Waals surface area contributed by atoms with Crippen molar-refractivity contribution in [2.45, 2.75) is 39.9 Å². The number of aromatic amines is 1. The Morgan fingerprint density at radius 1 is 1.13 bits per heavy atom. The molecule has 0 aliphatic rings. The lowest BCUT2D eigenvalue weighted by atomic mass is 10.0. The minimum absolute atomic E-state index is 0.0487. The number of alkyl halides is 3. The number of thiazole rings is 1. The van der Waals surface area contributed by atoms with Gasteiger partial charge in [-0.15, -0.1) is 20.8 Å². The molecule has 4 rings (SSSR count). The van der Waals surface area contributed by atoms with Gasteiger partial charge in [0.2, 0.25) is 5.65 Å². The first-order valence-electron chi connectivity index (χ1n) is 9.33. The van der Waals surface area contributed by atoms with Crippen LogP contribution in [0.4, 0.5) is 19.1 Å². The van der Waals surface area contributed by atoms with Crippen LogP contribution >= 0.6 is 11.3 Å². The minimum atomic E-state index is -4.42. The number of fused-ring (bicyclic) bond motifs is 1. The van der Waals surface area contributed by atoms with E-state index in [0.29, 0.717) is 21.8 Å². The molecule has 4 aromatic heterocycles. The fourth-order valence-electron chi connectivity index (χ4n) is 3.40. The number of nitrogen functional groups attached to an aromatic ring is 1. The molecule has 31 heavy (non-hydrogen) atoms. The first-order valence-corrected chi connectivity index (χ1v) is 10.2. The molecule has 4 heterocycles. The van der Waals surface area contributed by atoms with Gasteiger partial charge in [0.05, 0.1) is 18.5 Å². The van der Waals surface area contributed by atoms with E-state index < -0.39 is 24.8 Å². The van der Waals surface area contributed by atoms with Crippen molar-refractivity contribution in [3.63, 3.8) is 0 Å². The minimum Gasteiger partial charge on any atom is -0.290 e. The molecule has 0 fully saturated rings. The molecule has 0 bridgehead atoms. The summed E-state index contributed by atoms with van der Waals surface area (Å²) >= 11 is 1.38. The lowest BCUT2D eigenvalue weighted by Gasteiger charge is -2.08. The largest absolute Gasteiger partial charge is 0.411 e. The van der Waals surface area contributed by atoms with Gasteiger partial charge in [-0.25, -0.2) is 14.8 Å². The van der Waals surface area contributed by atoms with E-state index in [1.807, 2.05) is 38.3 Å². The van der Waals surface area contributed by atoms with E-state index in [0.717, 1.165) is 26.2 Å². The van der Waals surface area contributed by atoms with Gasteiger partial charge in [0, 0.05) is 22.5 Å². The SMILES string of the molecule is Cc1cc(-c2c(-c3nc(C)cs3)[nH+]c(N)n3c(=O)n(CCC(F)(F)F)nc23)cc(C)n1. The number of aromatic nitrogens is 6. The second kappa shape index (κ2) is 7.45. The van der Waals surface area contributed by atoms with Crippen LogP contribution in [0.3, 0.4) is 0 Å². The fourth-order valence-corrected chi connectivity index (χ4v) is 4.21. The zero-order chi connectivity index (χ0) is 22.5. The zero-order valence-corrected chi connectivity index (χ0v) is 17.7. The Morgan fingerprint density at radius 2 is 1.81 bits per heavy atom. The number of nitrogens with two attached hydrogens (primary N) is 1. The molecule has 3 N–H and O–H groups in total. The highest BCUT2D eigenvalue weighted by Crippen LogP contribution is 2.34. The Kier molecular flexibility index (Phi) is 5.04. The van der Waals surface area contributed by atoms with Crippen LogP contribution in [-0.2, 0) is 6.54 Å². The molecule has 0 aliphatic carbocycles. The standard InChI is InChI=1S/C19H18F3N7OS/c1-9-6-12(7-10(2)24-9)13-14(16-25-11(3)8-31-16)26-17(23)29-15(13)27-28(18(29)30)5-4-19(20,21)22/h6-8H,4-5H2,1-3H3,(H2,23,26)/p+1. The van der Waals surface area contributed by atoms with Gasteiger partial charge >= 0.3 is 17.8 Å². The van der Waals surface area contributed by atoms with Crippen LogP contribution in [-0.4, -0.2) is 30.3 Å². The van der Waals surface area contributed by atoms with Crippen molar-refractivity contribution in [3.8, 4) is 21.8 Å². The van der Waals surface area contributed by atoms with Gasteiger partial charge in [0.25, 0.3) is 0 Å². The summed E-state index contributed by atoms with van der Waals surface area (Å²) in [5.74, 6) is -0.0487. The van der Waals surface area contributed by atoms with Crippen molar-refractivity contribution in [2.24, 2.45) is 0 Å². The van der Waals surface area contributed by atoms with Crippen molar-refractivity contribution in [1.82, 2.24) is 24.1 Å². The Morgan fingerprint density at radius 3 is 2.39 bits per heavy atom. The Balaban J connectivity index is 2.05. The highest BCUT2D eigenvalue weighted by Gasteiger charge is 2.30. The molecule has 0 radical (unpaired) electrons. The van der Waals surface area contributed by atoms with Crippen molar-refractivity contribution in [2.75, 3.05) is 5.73 Å². The Hall–Kier alpha value is -3.28. The molecule has 0 saturated carbocycles. The van der Waals surface area contributed by atoms with Gasteiger partial charge in [-0.1, -0.05) is 0 Å². The third-order valence-electron chi connectivity index (χ3n) is 4.62. The summed E-state index contributed by atoms with van der Waals surface area (Å²) in [6.07, 6.45) is -5.60. The third-order valence-corrected chi connectivity index (χ3v) is 5.59. The number of aryl methyl sites for hydroxylation is 4. The number of pyridine rings is 1. The lowest BCUT2D eigenvalue weighted by molar-refractivity contribution is -0.351. The number of hydrogen-bond donors (Lipinski definition) is 1. The summed E-state index contributed by atoms with van der Waals surface area (Å²) in [7, 11) is 0. The smallest absolute Gasteiger partial charge is 0.290 e. The normalized spacial score (nSPS) is 12.1. The molecule has 12 heteroatoms. The highest BCUT2D eigenvalue weighted by atomic mass is 32.1. The van der Waals surface area contributed by atoms with Crippen LogP contribution in [0.15, 0.2) is 22.3 Å².